The largest absolute Gasteiger partial charge is 0.496 e. The van der Waals surface area contributed by atoms with E-state index in [0.29, 0.717) is 33.0 Å². The number of rotatable bonds is 11. The Kier molecular flexibility index (Phi) is 8.98. The van der Waals surface area contributed by atoms with Crippen molar-refractivity contribution in [3.8, 4) is 5.75 Å². The van der Waals surface area contributed by atoms with Crippen LogP contribution in [0.15, 0.2) is 24.3 Å². The van der Waals surface area contributed by atoms with E-state index >= 15 is 0 Å². The molecule has 0 heterocycles. The van der Waals surface area contributed by atoms with Crippen LogP contribution in [0.4, 0.5) is 0 Å². The van der Waals surface area contributed by atoms with Crippen molar-refractivity contribution in [3.63, 3.8) is 0 Å². The van der Waals surface area contributed by atoms with Crippen LogP contribution < -0.4 is 10.5 Å². The van der Waals surface area contributed by atoms with Gasteiger partial charge in [-0.1, -0.05) is 18.2 Å². The summed E-state index contributed by atoms with van der Waals surface area (Å²) < 4.78 is 21.4. The highest BCUT2D eigenvalue weighted by Gasteiger charge is 2.14. The van der Waals surface area contributed by atoms with Crippen LogP contribution in [-0.4, -0.2) is 47.2 Å². The zero-order chi connectivity index (χ0) is 14.6. The fraction of sp³-hybridized carbons (Fsp3) is 0.600. The summed E-state index contributed by atoms with van der Waals surface area (Å²) in [5.41, 5.74) is 6.76. The van der Waals surface area contributed by atoms with Gasteiger partial charge in [0.05, 0.1) is 26.4 Å². The van der Waals surface area contributed by atoms with Crippen molar-refractivity contribution < 1.29 is 18.9 Å². The Hall–Kier alpha value is -1.14. The minimum Gasteiger partial charge on any atom is -0.496 e. The van der Waals surface area contributed by atoms with Crippen LogP contribution >= 0.6 is 0 Å². The van der Waals surface area contributed by atoms with Crippen LogP contribution in [-0.2, 0) is 14.2 Å². The van der Waals surface area contributed by atoms with Gasteiger partial charge in [-0.05, 0) is 12.5 Å². The number of methoxy groups -OCH3 is 2. The first-order valence-electron chi connectivity index (χ1n) is 6.84. The molecule has 1 aromatic carbocycles. The standard InChI is InChI=1S/C15H25NO4/c1-17-10-11-19-8-5-9-20-15(12-16)13-6-3-4-7-14(13)18-2/h3-4,6-7,15H,5,8-12,16H2,1-2H3. The summed E-state index contributed by atoms with van der Waals surface area (Å²) in [6, 6.07) is 7.78. The van der Waals surface area contributed by atoms with Crippen molar-refractivity contribution in [2.45, 2.75) is 12.5 Å². The van der Waals surface area contributed by atoms with Crippen molar-refractivity contribution in [1.82, 2.24) is 0 Å². The van der Waals surface area contributed by atoms with Crippen LogP contribution in [0, 0.1) is 0 Å². The fourth-order valence-corrected chi connectivity index (χ4v) is 1.85. The van der Waals surface area contributed by atoms with E-state index < -0.39 is 0 Å². The molecule has 0 aliphatic heterocycles. The highest BCUT2D eigenvalue weighted by molar-refractivity contribution is 5.35. The van der Waals surface area contributed by atoms with Gasteiger partial charge in [0.25, 0.3) is 0 Å². The van der Waals surface area contributed by atoms with Crippen LogP contribution in [0.2, 0.25) is 0 Å². The molecule has 5 heteroatoms. The average molecular weight is 283 g/mol. The second-order valence-electron chi connectivity index (χ2n) is 4.30. The number of nitrogens with two attached hydrogens (primary N) is 1. The van der Waals surface area contributed by atoms with Gasteiger partial charge in [-0.25, -0.2) is 0 Å². The molecule has 0 saturated carbocycles. The van der Waals surface area contributed by atoms with Crippen molar-refractivity contribution in [2.75, 3.05) is 47.2 Å². The molecule has 0 fully saturated rings. The molecule has 114 valence electrons. The van der Waals surface area contributed by atoms with E-state index in [4.69, 9.17) is 24.7 Å². The lowest BCUT2D eigenvalue weighted by atomic mass is 10.1. The van der Waals surface area contributed by atoms with Gasteiger partial charge in [-0.2, -0.15) is 0 Å². The Morgan fingerprint density at radius 1 is 1.05 bits per heavy atom. The Morgan fingerprint density at radius 2 is 1.85 bits per heavy atom. The van der Waals surface area contributed by atoms with E-state index in [1.54, 1.807) is 14.2 Å². The zero-order valence-corrected chi connectivity index (χ0v) is 12.3. The predicted octanol–water partition coefficient (Wildman–Crippen LogP) is 1.76. The van der Waals surface area contributed by atoms with E-state index in [0.717, 1.165) is 17.7 Å². The van der Waals surface area contributed by atoms with Gasteiger partial charge in [0.15, 0.2) is 0 Å². The molecule has 0 radical (unpaired) electrons. The third-order valence-corrected chi connectivity index (χ3v) is 2.88. The Morgan fingerprint density at radius 3 is 2.55 bits per heavy atom. The third kappa shape index (κ3) is 5.88. The van der Waals surface area contributed by atoms with Crippen molar-refractivity contribution in [1.29, 1.82) is 0 Å². The van der Waals surface area contributed by atoms with Crippen molar-refractivity contribution in [3.05, 3.63) is 29.8 Å². The van der Waals surface area contributed by atoms with Crippen molar-refractivity contribution in [2.24, 2.45) is 5.73 Å². The molecule has 0 aliphatic rings. The summed E-state index contributed by atoms with van der Waals surface area (Å²) in [4.78, 5) is 0. The van der Waals surface area contributed by atoms with Crippen molar-refractivity contribution >= 4 is 0 Å². The molecule has 1 atom stereocenters. The van der Waals surface area contributed by atoms with Gasteiger partial charge >= 0.3 is 0 Å². The topological polar surface area (TPSA) is 62.9 Å². The molecule has 1 rings (SSSR count). The molecule has 0 aromatic heterocycles. The molecule has 0 aliphatic carbocycles. The SMILES string of the molecule is COCCOCCCOC(CN)c1ccccc1OC. The quantitative estimate of drug-likeness (QED) is 0.627. The molecule has 20 heavy (non-hydrogen) atoms. The average Bonchev–Trinajstić information content (AvgIpc) is 2.50. The third-order valence-electron chi connectivity index (χ3n) is 2.88. The lowest BCUT2D eigenvalue weighted by Gasteiger charge is -2.19. The molecule has 1 aromatic rings. The lowest BCUT2D eigenvalue weighted by molar-refractivity contribution is 0.0253. The lowest BCUT2D eigenvalue weighted by Crippen LogP contribution is -2.18. The highest BCUT2D eigenvalue weighted by Crippen LogP contribution is 2.26. The molecular weight excluding hydrogens is 258 g/mol. The van der Waals surface area contributed by atoms with E-state index in [9.17, 15) is 0 Å². The highest BCUT2D eigenvalue weighted by atomic mass is 16.5. The molecular formula is C15H25NO4. The smallest absolute Gasteiger partial charge is 0.124 e. The first-order valence-corrected chi connectivity index (χ1v) is 6.84. The Labute approximate surface area is 121 Å². The molecule has 1 unspecified atom stereocenters. The van der Waals surface area contributed by atoms with Gasteiger partial charge in [0.1, 0.15) is 5.75 Å². The minimum absolute atomic E-state index is 0.148. The molecule has 0 spiro atoms. The van der Waals surface area contributed by atoms with Crippen LogP contribution in [0.1, 0.15) is 18.1 Å². The summed E-state index contributed by atoms with van der Waals surface area (Å²) in [5.74, 6) is 0.805. The van der Waals surface area contributed by atoms with Crippen LogP contribution in [0.3, 0.4) is 0 Å². The first-order chi connectivity index (χ1) is 9.83. The van der Waals surface area contributed by atoms with E-state index in [1.165, 1.54) is 0 Å². The first kappa shape index (κ1) is 16.9. The second-order valence-corrected chi connectivity index (χ2v) is 4.30. The Bertz CT molecular complexity index is 359. The molecule has 5 nitrogen and oxygen atoms in total. The maximum absolute atomic E-state index is 5.81. The maximum atomic E-state index is 5.81. The summed E-state index contributed by atoms with van der Waals surface area (Å²) >= 11 is 0. The summed E-state index contributed by atoms with van der Waals surface area (Å²) in [7, 11) is 3.31. The fourth-order valence-electron chi connectivity index (χ4n) is 1.85. The van der Waals surface area contributed by atoms with Gasteiger partial charge in [0, 0.05) is 32.4 Å². The number of hydrogen-bond donors (Lipinski definition) is 1. The summed E-state index contributed by atoms with van der Waals surface area (Å²) in [6.45, 7) is 2.92. The molecule has 0 amide bonds. The minimum atomic E-state index is -0.148. The second kappa shape index (κ2) is 10.6. The summed E-state index contributed by atoms with van der Waals surface area (Å²) in [5, 5.41) is 0. The number of hydrogen-bond acceptors (Lipinski definition) is 5. The van der Waals surface area contributed by atoms with Gasteiger partial charge < -0.3 is 24.7 Å². The number of para-hydroxylation sites is 1. The summed E-state index contributed by atoms with van der Waals surface area (Å²) in [6.07, 6.45) is 0.681. The van der Waals surface area contributed by atoms with E-state index in [-0.39, 0.29) is 6.10 Å². The zero-order valence-electron chi connectivity index (χ0n) is 12.3. The van der Waals surface area contributed by atoms with Gasteiger partial charge in [-0.15, -0.1) is 0 Å². The normalized spacial score (nSPS) is 12.3. The van der Waals surface area contributed by atoms with E-state index in [1.807, 2.05) is 24.3 Å². The monoisotopic (exact) mass is 283 g/mol. The maximum Gasteiger partial charge on any atom is 0.124 e. The van der Waals surface area contributed by atoms with E-state index in [2.05, 4.69) is 0 Å². The van der Waals surface area contributed by atoms with Crippen LogP contribution in [0.25, 0.3) is 0 Å². The van der Waals surface area contributed by atoms with Crippen LogP contribution in [0.5, 0.6) is 5.75 Å². The number of ether oxygens (including phenoxy) is 4. The van der Waals surface area contributed by atoms with Gasteiger partial charge in [0.2, 0.25) is 0 Å². The van der Waals surface area contributed by atoms with Gasteiger partial charge in [-0.3, -0.25) is 0 Å². The molecule has 2 N–H and O–H groups in total. The molecule has 0 bridgehead atoms. The molecule has 0 saturated heterocycles. The Balaban J connectivity index is 2.32. The number of benzene rings is 1. The predicted molar refractivity (Wildman–Crippen MR) is 78.1 cm³/mol.